The van der Waals surface area contributed by atoms with Crippen molar-refractivity contribution in [3.63, 3.8) is 0 Å². The molecule has 0 aliphatic heterocycles. The summed E-state index contributed by atoms with van der Waals surface area (Å²) in [5.41, 5.74) is 0.818. The lowest BCUT2D eigenvalue weighted by Gasteiger charge is -2.26. The van der Waals surface area contributed by atoms with E-state index in [4.69, 9.17) is 0 Å². The molecule has 1 nitrogen and oxygen atoms in total. The molecule has 0 saturated carbocycles. The van der Waals surface area contributed by atoms with Crippen molar-refractivity contribution in [2.45, 2.75) is 25.4 Å². The third-order valence-corrected chi connectivity index (χ3v) is 3.48. The number of hydrogen-bond acceptors (Lipinski definition) is 1. The molecule has 0 aliphatic carbocycles. The van der Waals surface area contributed by atoms with E-state index in [0.717, 1.165) is 17.7 Å². The molecule has 0 atom stereocenters. The van der Waals surface area contributed by atoms with Crippen LogP contribution in [0.3, 0.4) is 0 Å². The summed E-state index contributed by atoms with van der Waals surface area (Å²) in [4.78, 5) is 0. The molecule has 0 amide bonds. The Bertz CT molecular complexity index is 588. The first-order valence-electron chi connectivity index (χ1n) is 6.76. The first-order chi connectivity index (χ1) is 9.79. The number of hydrogen-bond donors (Lipinski definition) is 1. The van der Waals surface area contributed by atoms with Gasteiger partial charge in [-0.1, -0.05) is 50.2 Å². The summed E-state index contributed by atoms with van der Waals surface area (Å²) in [6.45, 7) is 4.67. The van der Waals surface area contributed by atoms with E-state index in [-0.39, 0.29) is 5.41 Å². The van der Waals surface area contributed by atoms with Crippen molar-refractivity contribution in [3.8, 4) is 0 Å². The van der Waals surface area contributed by atoms with Crippen LogP contribution in [0.5, 0.6) is 0 Å². The van der Waals surface area contributed by atoms with Gasteiger partial charge in [-0.15, -0.1) is 0 Å². The zero-order valence-corrected chi connectivity index (χ0v) is 12.0. The maximum absolute atomic E-state index is 12.7. The highest BCUT2D eigenvalue weighted by Gasteiger charge is 2.30. The van der Waals surface area contributed by atoms with Gasteiger partial charge in [0.2, 0.25) is 0 Å². The second-order valence-corrected chi connectivity index (χ2v) is 5.68. The molecule has 2 aromatic rings. The predicted molar refractivity (Wildman–Crippen MR) is 79.4 cm³/mol. The Balaban J connectivity index is 2.10. The standard InChI is InChI=1S/C17H18F3N/c1-16(2,13-7-4-3-5-8-13)12-21-15-10-6-9-14(11-15)17(18,19)20/h3-11,21H,12H2,1-2H3. The van der Waals surface area contributed by atoms with Gasteiger partial charge in [0.1, 0.15) is 0 Å². The second kappa shape index (κ2) is 5.80. The minimum atomic E-state index is -4.31. The van der Waals surface area contributed by atoms with Gasteiger partial charge in [-0.3, -0.25) is 0 Å². The van der Waals surface area contributed by atoms with E-state index in [0.29, 0.717) is 12.2 Å². The van der Waals surface area contributed by atoms with Crippen molar-refractivity contribution < 1.29 is 13.2 Å². The molecule has 0 bridgehead atoms. The van der Waals surface area contributed by atoms with E-state index in [2.05, 4.69) is 19.2 Å². The van der Waals surface area contributed by atoms with Crippen molar-refractivity contribution in [2.75, 3.05) is 11.9 Å². The molecule has 1 N–H and O–H groups in total. The van der Waals surface area contributed by atoms with Gasteiger partial charge >= 0.3 is 6.18 Å². The molecule has 0 unspecified atom stereocenters. The van der Waals surface area contributed by atoms with Crippen molar-refractivity contribution in [3.05, 3.63) is 65.7 Å². The summed E-state index contributed by atoms with van der Waals surface area (Å²) < 4.78 is 38.0. The highest BCUT2D eigenvalue weighted by molar-refractivity contribution is 5.47. The summed E-state index contributed by atoms with van der Waals surface area (Å²) >= 11 is 0. The van der Waals surface area contributed by atoms with Crippen LogP contribution in [0.1, 0.15) is 25.0 Å². The fraction of sp³-hybridized carbons (Fsp3) is 0.294. The lowest BCUT2D eigenvalue weighted by Crippen LogP contribution is -2.27. The van der Waals surface area contributed by atoms with E-state index in [1.807, 2.05) is 30.3 Å². The van der Waals surface area contributed by atoms with Gasteiger partial charge in [0.25, 0.3) is 0 Å². The normalized spacial score (nSPS) is 12.2. The summed E-state index contributed by atoms with van der Waals surface area (Å²) in [6, 6.07) is 15.2. The van der Waals surface area contributed by atoms with E-state index >= 15 is 0 Å². The number of halogens is 3. The predicted octanol–water partition coefficient (Wildman–Crippen LogP) is 5.10. The Morgan fingerprint density at radius 1 is 0.857 bits per heavy atom. The Hall–Kier alpha value is -1.97. The SMILES string of the molecule is CC(C)(CNc1cccc(C(F)(F)F)c1)c1ccccc1. The minimum Gasteiger partial charge on any atom is -0.384 e. The molecule has 0 fully saturated rings. The quantitative estimate of drug-likeness (QED) is 0.827. The lowest BCUT2D eigenvalue weighted by atomic mass is 9.84. The largest absolute Gasteiger partial charge is 0.416 e. The maximum atomic E-state index is 12.7. The molecule has 21 heavy (non-hydrogen) atoms. The summed E-state index contributed by atoms with van der Waals surface area (Å²) in [5, 5.41) is 3.10. The lowest BCUT2D eigenvalue weighted by molar-refractivity contribution is -0.137. The van der Waals surface area contributed by atoms with Crippen molar-refractivity contribution in [2.24, 2.45) is 0 Å². The Morgan fingerprint density at radius 2 is 1.48 bits per heavy atom. The maximum Gasteiger partial charge on any atom is 0.416 e. The molecule has 0 radical (unpaired) electrons. The number of alkyl halides is 3. The Kier molecular flexibility index (Phi) is 4.26. The molecule has 0 aromatic heterocycles. The zero-order chi connectivity index (χ0) is 15.5. The summed E-state index contributed by atoms with van der Waals surface area (Å²) in [5.74, 6) is 0. The van der Waals surface area contributed by atoms with Crippen LogP contribution in [0.25, 0.3) is 0 Å². The Morgan fingerprint density at radius 3 is 2.10 bits per heavy atom. The molecule has 2 rings (SSSR count). The molecule has 0 spiro atoms. The van der Waals surface area contributed by atoms with Crippen LogP contribution < -0.4 is 5.32 Å². The highest BCUT2D eigenvalue weighted by atomic mass is 19.4. The molecule has 4 heteroatoms. The van der Waals surface area contributed by atoms with Crippen LogP contribution in [-0.2, 0) is 11.6 Å². The van der Waals surface area contributed by atoms with Gasteiger partial charge in [-0.25, -0.2) is 0 Å². The van der Waals surface area contributed by atoms with Crippen LogP contribution in [0.2, 0.25) is 0 Å². The monoisotopic (exact) mass is 293 g/mol. The fourth-order valence-corrected chi connectivity index (χ4v) is 2.12. The van der Waals surface area contributed by atoms with Crippen LogP contribution in [0.15, 0.2) is 54.6 Å². The summed E-state index contributed by atoms with van der Waals surface area (Å²) in [6.07, 6.45) is -4.31. The molecule has 0 heterocycles. The molecule has 112 valence electrons. The molecule has 0 saturated heterocycles. The van der Waals surface area contributed by atoms with E-state index in [1.165, 1.54) is 6.07 Å². The Labute approximate surface area is 122 Å². The van der Waals surface area contributed by atoms with Crippen LogP contribution >= 0.6 is 0 Å². The fourth-order valence-electron chi connectivity index (χ4n) is 2.12. The van der Waals surface area contributed by atoms with E-state index in [9.17, 15) is 13.2 Å². The first kappa shape index (κ1) is 15.4. The smallest absolute Gasteiger partial charge is 0.384 e. The van der Waals surface area contributed by atoms with Gasteiger partial charge in [0.15, 0.2) is 0 Å². The average molecular weight is 293 g/mol. The van der Waals surface area contributed by atoms with Crippen molar-refractivity contribution in [1.82, 2.24) is 0 Å². The van der Waals surface area contributed by atoms with Crippen LogP contribution in [0, 0.1) is 0 Å². The van der Waals surface area contributed by atoms with Gasteiger partial charge in [0.05, 0.1) is 5.56 Å². The number of nitrogens with one attached hydrogen (secondary N) is 1. The van der Waals surface area contributed by atoms with Gasteiger partial charge in [-0.05, 0) is 23.8 Å². The number of benzene rings is 2. The van der Waals surface area contributed by atoms with Crippen molar-refractivity contribution >= 4 is 5.69 Å². The second-order valence-electron chi connectivity index (χ2n) is 5.68. The van der Waals surface area contributed by atoms with Crippen LogP contribution in [-0.4, -0.2) is 6.54 Å². The van der Waals surface area contributed by atoms with E-state index in [1.54, 1.807) is 6.07 Å². The highest BCUT2D eigenvalue weighted by Crippen LogP contribution is 2.31. The van der Waals surface area contributed by atoms with Gasteiger partial charge in [0, 0.05) is 17.6 Å². The molecule has 0 aliphatic rings. The molecular weight excluding hydrogens is 275 g/mol. The average Bonchev–Trinajstić information content (AvgIpc) is 2.46. The molecular formula is C17H18F3N. The minimum absolute atomic E-state index is 0.171. The first-order valence-corrected chi connectivity index (χ1v) is 6.76. The summed E-state index contributed by atoms with van der Waals surface area (Å²) in [7, 11) is 0. The van der Waals surface area contributed by atoms with Crippen molar-refractivity contribution in [1.29, 1.82) is 0 Å². The van der Waals surface area contributed by atoms with E-state index < -0.39 is 11.7 Å². The third-order valence-electron chi connectivity index (χ3n) is 3.48. The third kappa shape index (κ3) is 4.00. The zero-order valence-electron chi connectivity index (χ0n) is 12.0. The number of anilines is 1. The van der Waals surface area contributed by atoms with Gasteiger partial charge in [-0.2, -0.15) is 13.2 Å². The van der Waals surface area contributed by atoms with Gasteiger partial charge < -0.3 is 5.32 Å². The van der Waals surface area contributed by atoms with Crippen LogP contribution in [0.4, 0.5) is 18.9 Å². The molecule has 2 aromatic carbocycles. The topological polar surface area (TPSA) is 12.0 Å². The number of rotatable bonds is 4.